The number of benzene rings is 1. The molecule has 0 aliphatic rings. The summed E-state index contributed by atoms with van der Waals surface area (Å²) in [5, 5.41) is 2.80. The standard InChI is InChI=1S/C16H21N3O2/c1-2-3-9-18-15(20)14-11-21-16(19-14)13(17)10-12-7-5-4-6-8-12/h4-8,11,13H,2-3,9-10,17H2,1H3,(H,18,20). The molecule has 3 N–H and O–H groups in total. The van der Waals surface area contributed by atoms with Crippen LogP contribution in [0, 0.1) is 0 Å². The number of nitrogens with one attached hydrogen (secondary N) is 1. The summed E-state index contributed by atoms with van der Waals surface area (Å²) in [6, 6.07) is 9.53. The van der Waals surface area contributed by atoms with E-state index in [1.165, 1.54) is 6.26 Å². The molecule has 0 saturated heterocycles. The molecule has 0 saturated carbocycles. The van der Waals surface area contributed by atoms with Crippen LogP contribution in [0.4, 0.5) is 0 Å². The highest BCUT2D eigenvalue weighted by Crippen LogP contribution is 2.15. The van der Waals surface area contributed by atoms with Crippen molar-refractivity contribution >= 4 is 5.91 Å². The maximum absolute atomic E-state index is 11.8. The highest BCUT2D eigenvalue weighted by Gasteiger charge is 2.17. The first-order valence-electron chi connectivity index (χ1n) is 7.23. The molecule has 1 atom stereocenters. The minimum Gasteiger partial charge on any atom is -0.446 e. The Bertz CT molecular complexity index is 566. The van der Waals surface area contributed by atoms with Gasteiger partial charge < -0.3 is 15.5 Å². The summed E-state index contributed by atoms with van der Waals surface area (Å²) in [5.41, 5.74) is 7.46. The fraction of sp³-hybridized carbons (Fsp3) is 0.375. The molecule has 5 nitrogen and oxygen atoms in total. The van der Waals surface area contributed by atoms with E-state index < -0.39 is 0 Å². The van der Waals surface area contributed by atoms with Gasteiger partial charge in [0, 0.05) is 6.54 Å². The predicted octanol–water partition coefficient (Wildman–Crippen LogP) is 2.45. The van der Waals surface area contributed by atoms with Crippen LogP contribution < -0.4 is 11.1 Å². The van der Waals surface area contributed by atoms with E-state index >= 15 is 0 Å². The summed E-state index contributed by atoms with van der Waals surface area (Å²) < 4.78 is 5.33. The molecule has 0 aliphatic carbocycles. The van der Waals surface area contributed by atoms with Crippen molar-refractivity contribution in [2.45, 2.75) is 32.2 Å². The van der Waals surface area contributed by atoms with Crippen molar-refractivity contribution < 1.29 is 9.21 Å². The molecular weight excluding hydrogens is 266 g/mol. The normalized spacial score (nSPS) is 12.1. The Balaban J connectivity index is 1.94. The van der Waals surface area contributed by atoms with E-state index in [4.69, 9.17) is 10.2 Å². The number of carbonyl (C=O) groups excluding carboxylic acids is 1. The van der Waals surface area contributed by atoms with Crippen LogP contribution in [-0.4, -0.2) is 17.4 Å². The molecule has 1 aromatic carbocycles. The SMILES string of the molecule is CCCCNC(=O)c1coc(C(N)Cc2ccccc2)n1. The van der Waals surface area contributed by atoms with Crippen molar-refractivity contribution in [3.8, 4) is 0 Å². The molecule has 2 rings (SSSR count). The van der Waals surface area contributed by atoms with Gasteiger partial charge in [0.1, 0.15) is 6.26 Å². The number of hydrogen-bond acceptors (Lipinski definition) is 4. The number of carbonyl (C=O) groups is 1. The van der Waals surface area contributed by atoms with Crippen LogP contribution >= 0.6 is 0 Å². The first-order chi connectivity index (χ1) is 10.2. The number of nitrogens with zero attached hydrogens (tertiary/aromatic N) is 1. The Morgan fingerprint density at radius 1 is 1.38 bits per heavy atom. The van der Waals surface area contributed by atoms with Gasteiger partial charge in [-0.3, -0.25) is 4.79 Å². The maximum Gasteiger partial charge on any atom is 0.273 e. The largest absolute Gasteiger partial charge is 0.446 e. The van der Waals surface area contributed by atoms with Crippen LogP contribution in [0.2, 0.25) is 0 Å². The molecule has 1 unspecified atom stereocenters. The summed E-state index contributed by atoms with van der Waals surface area (Å²) in [6.45, 7) is 2.72. The van der Waals surface area contributed by atoms with E-state index in [1.54, 1.807) is 0 Å². The van der Waals surface area contributed by atoms with Crippen LogP contribution in [0.1, 0.15) is 47.7 Å². The Labute approximate surface area is 124 Å². The third-order valence-electron chi connectivity index (χ3n) is 3.19. The quantitative estimate of drug-likeness (QED) is 0.766. The number of unbranched alkanes of at least 4 members (excludes halogenated alkanes) is 1. The Kier molecular flexibility index (Phi) is 5.51. The first kappa shape index (κ1) is 15.3. The molecule has 0 spiro atoms. The summed E-state index contributed by atoms with van der Waals surface area (Å²) in [5.74, 6) is 0.171. The zero-order chi connectivity index (χ0) is 15.1. The first-order valence-corrected chi connectivity index (χ1v) is 7.23. The molecule has 0 aliphatic heterocycles. The summed E-state index contributed by atoms with van der Waals surface area (Å²) in [7, 11) is 0. The predicted molar refractivity (Wildman–Crippen MR) is 80.8 cm³/mol. The van der Waals surface area contributed by atoms with Crippen LogP contribution in [0.3, 0.4) is 0 Å². The van der Waals surface area contributed by atoms with Gasteiger partial charge >= 0.3 is 0 Å². The third kappa shape index (κ3) is 4.43. The van der Waals surface area contributed by atoms with Crippen molar-refractivity contribution in [3.63, 3.8) is 0 Å². The second-order valence-electron chi connectivity index (χ2n) is 4.98. The summed E-state index contributed by atoms with van der Waals surface area (Å²) in [6.07, 6.45) is 3.97. The highest BCUT2D eigenvalue weighted by molar-refractivity contribution is 5.91. The van der Waals surface area contributed by atoms with E-state index in [0.29, 0.717) is 18.9 Å². The molecule has 1 heterocycles. The fourth-order valence-electron chi connectivity index (χ4n) is 1.99. The van der Waals surface area contributed by atoms with Gasteiger partial charge in [0.2, 0.25) is 5.89 Å². The monoisotopic (exact) mass is 287 g/mol. The third-order valence-corrected chi connectivity index (χ3v) is 3.19. The second kappa shape index (κ2) is 7.59. The molecule has 0 radical (unpaired) electrons. The van der Waals surface area contributed by atoms with Gasteiger partial charge in [-0.15, -0.1) is 0 Å². The Hall–Kier alpha value is -2.14. The van der Waals surface area contributed by atoms with Crippen molar-refractivity contribution in [1.29, 1.82) is 0 Å². The molecule has 0 fully saturated rings. The molecule has 21 heavy (non-hydrogen) atoms. The summed E-state index contributed by atoms with van der Waals surface area (Å²) >= 11 is 0. The van der Waals surface area contributed by atoms with Crippen molar-refractivity contribution in [1.82, 2.24) is 10.3 Å². The lowest BCUT2D eigenvalue weighted by Gasteiger charge is -2.07. The second-order valence-corrected chi connectivity index (χ2v) is 4.98. The van der Waals surface area contributed by atoms with E-state index in [-0.39, 0.29) is 17.6 Å². The maximum atomic E-state index is 11.8. The molecule has 5 heteroatoms. The van der Waals surface area contributed by atoms with E-state index in [2.05, 4.69) is 17.2 Å². The number of rotatable bonds is 7. The number of hydrogen-bond donors (Lipinski definition) is 2. The van der Waals surface area contributed by atoms with Gasteiger partial charge in [0.15, 0.2) is 5.69 Å². The van der Waals surface area contributed by atoms with Gasteiger partial charge in [-0.1, -0.05) is 43.7 Å². The lowest BCUT2D eigenvalue weighted by Crippen LogP contribution is -2.24. The lowest BCUT2D eigenvalue weighted by atomic mass is 10.1. The fourth-order valence-corrected chi connectivity index (χ4v) is 1.99. The molecule has 0 bridgehead atoms. The van der Waals surface area contributed by atoms with Crippen molar-refractivity contribution in [2.75, 3.05) is 6.54 Å². The summed E-state index contributed by atoms with van der Waals surface area (Å²) in [4.78, 5) is 16.0. The van der Waals surface area contributed by atoms with E-state index in [9.17, 15) is 4.79 Å². The molecular formula is C16H21N3O2. The number of nitrogens with two attached hydrogens (primary N) is 1. The van der Waals surface area contributed by atoms with E-state index in [1.807, 2.05) is 30.3 Å². The minimum atomic E-state index is -0.357. The van der Waals surface area contributed by atoms with Crippen LogP contribution in [-0.2, 0) is 6.42 Å². The molecule has 112 valence electrons. The van der Waals surface area contributed by atoms with Crippen molar-refractivity contribution in [2.24, 2.45) is 5.73 Å². The van der Waals surface area contributed by atoms with Crippen molar-refractivity contribution in [3.05, 3.63) is 53.7 Å². The zero-order valence-corrected chi connectivity index (χ0v) is 12.2. The molecule has 1 amide bonds. The van der Waals surface area contributed by atoms with Crippen LogP contribution in [0.25, 0.3) is 0 Å². The number of aromatic nitrogens is 1. The number of oxazole rings is 1. The van der Waals surface area contributed by atoms with Crippen LogP contribution in [0.15, 0.2) is 41.0 Å². The number of amides is 1. The topological polar surface area (TPSA) is 81.2 Å². The Morgan fingerprint density at radius 2 is 2.14 bits per heavy atom. The zero-order valence-electron chi connectivity index (χ0n) is 12.2. The van der Waals surface area contributed by atoms with Gasteiger partial charge in [-0.25, -0.2) is 4.98 Å². The highest BCUT2D eigenvalue weighted by atomic mass is 16.3. The average molecular weight is 287 g/mol. The van der Waals surface area contributed by atoms with Gasteiger partial charge in [-0.05, 0) is 18.4 Å². The molecule has 2 aromatic rings. The Morgan fingerprint density at radius 3 is 2.86 bits per heavy atom. The minimum absolute atomic E-state index is 0.217. The van der Waals surface area contributed by atoms with Gasteiger partial charge in [0.25, 0.3) is 5.91 Å². The smallest absolute Gasteiger partial charge is 0.273 e. The van der Waals surface area contributed by atoms with Gasteiger partial charge in [0.05, 0.1) is 6.04 Å². The molecule has 1 aromatic heterocycles. The lowest BCUT2D eigenvalue weighted by molar-refractivity contribution is 0.0948. The van der Waals surface area contributed by atoms with Crippen LogP contribution in [0.5, 0.6) is 0 Å². The van der Waals surface area contributed by atoms with Gasteiger partial charge in [-0.2, -0.15) is 0 Å². The average Bonchev–Trinajstić information content (AvgIpc) is 2.98. The van der Waals surface area contributed by atoms with E-state index in [0.717, 1.165) is 18.4 Å².